The smallest absolute Gasteiger partial charge is 0.404 e. The number of nitrogens with zero attached hydrogens (tertiary/aromatic N) is 2. The molecule has 0 spiro atoms. The predicted molar refractivity (Wildman–Crippen MR) is 79.0 cm³/mol. The van der Waals surface area contributed by atoms with Crippen molar-refractivity contribution in [2.24, 2.45) is 5.73 Å². The molecule has 0 radical (unpaired) electrons. The van der Waals surface area contributed by atoms with E-state index in [-0.39, 0.29) is 6.61 Å². The molecular weight excluding hydrogens is 258 g/mol. The van der Waals surface area contributed by atoms with Gasteiger partial charge in [0.2, 0.25) is 0 Å². The zero-order valence-corrected chi connectivity index (χ0v) is 12.3. The van der Waals surface area contributed by atoms with Crippen molar-refractivity contribution in [2.45, 2.75) is 33.6 Å². The normalized spacial score (nSPS) is 10.2. The molecule has 0 aliphatic rings. The van der Waals surface area contributed by atoms with Crippen LogP contribution >= 0.6 is 0 Å². The van der Waals surface area contributed by atoms with Crippen molar-refractivity contribution >= 4 is 17.7 Å². The molecule has 0 fully saturated rings. The number of nitrogens with one attached hydrogen (secondary N) is 2. The number of hydrogen-bond acceptors (Lipinski definition) is 6. The first-order chi connectivity index (χ1) is 9.58. The minimum Gasteiger partial charge on any atom is -0.448 e. The minimum absolute atomic E-state index is 0.207. The number of anilines is 2. The summed E-state index contributed by atoms with van der Waals surface area (Å²) in [6.07, 6.45) is 1.04. The first-order valence-corrected chi connectivity index (χ1v) is 6.85. The number of hydrogen-bond donors (Lipinski definition) is 3. The van der Waals surface area contributed by atoms with Gasteiger partial charge in [-0.25, -0.2) is 14.8 Å². The van der Waals surface area contributed by atoms with Crippen molar-refractivity contribution in [1.29, 1.82) is 0 Å². The summed E-state index contributed by atoms with van der Waals surface area (Å²) < 4.78 is 4.68. The molecule has 0 unspecified atom stereocenters. The van der Waals surface area contributed by atoms with Crippen LogP contribution in [0.25, 0.3) is 0 Å². The molecule has 0 bridgehead atoms. The van der Waals surface area contributed by atoms with Gasteiger partial charge in [0.05, 0.1) is 6.54 Å². The summed E-state index contributed by atoms with van der Waals surface area (Å²) in [4.78, 5) is 19.5. The average Bonchev–Trinajstić information content (AvgIpc) is 2.39. The van der Waals surface area contributed by atoms with Gasteiger partial charge in [-0.1, -0.05) is 6.92 Å². The van der Waals surface area contributed by atoms with Gasteiger partial charge in [0, 0.05) is 18.5 Å². The summed E-state index contributed by atoms with van der Waals surface area (Å²) in [5.41, 5.74) is 5.85. The SMILES string of the molecule is CCCc1nc(NCC)c(C)c(NCCOC(N)=O)n1. The van der Waals surface area contributed by atoms with Crippen molar-refractivity contribution in [1.82, 2.24) is 9.97 Å². The highest BCUT2D eigenvalue weighted by atomic mass is 16.5. The Hall–Kier alpha value is -2.05. The van der Waals surface area contributed by atoms with Crippen LogP contribution in [0.3, 0.4) is 0 Å². The summed E-state index contributed by atoms with van der Waals surface area (Å²) in [7, 11) is 0. The molecule has 1 heterocycles. The predicted octanol–water partition coefficient (Wildman–Crippen LogP) is 1.68. The molecule has 0 aliphatic carbocycles. The highest BCUT2D eigenvalue weighted by Crippen LogP contribution is 2.20. The maximum absolute atomic E-state index is 10.5. The first kappa shape index (κ1) is 16.0. The standard InChI is InChI=1S/C13H23N5O2/c1-4-6-10-17-11(15-5-2)9(3)12(18-10)16-7-8-20-13(14)19/h4-8H2,1-3H3,(H2,14,19)(H2,15,16,17,18). The second-order valence-corrected chi connectivity index (χ2v) is 4.34. The van der Waals surface area contributed by atoms with E-state index in [1.54, 1.807) is 0 Å². The summed E-state index contributed by atoms with van der Waals surface area (Å²) in [6, 6.07) is 0. The van der Waals surface area contributed by atoms with Gasteiger partial charge in [0.1, 0.15) is 24.1 Å². The van der Waals surface area contributed by atoms with Crippen LogP contribution < -0.4 is 16.4 Å². The van der Waals surface area contributed by atoms with E-state index in [0.29, 0.717) is 6.54 Å². The number of rotatable bonds is 8. The maximum atomic E-state index is 10.5. The third-order valence-electron chi connectivity index (χ3n) is 2.65. The fourth-order valence-corrected chi connectivity index (χ4v) is 1.73. The number of primary amides is 1. The lowest BCUT2D eigenvalue weighted by Gasteiger charge is -2.14. The van der Waals surface area contributed by atoms with Gasteiger partial charge >= 0.3 is 6.09 Å². The van der Waals surface area contributed by atoms with Crippen molar-refractivity contribution in [3.05, 3.63) is 11.4 Å². The number of carbonyl (C=O) groups excluding carboxylic acids is 1. The Morgan fingerprint density at radius 3 is 2.45 bits per heavy atom. The molecule has 0 saturated carbocycles. The summed E-state index contributed by atoms with van der Waals surface area (Å²) in [6.45, 7) is 7.52. The number of aromatic nitrogens is 2. The third kappa shape index (κ3) is 4.91. The molecule has 0 aromatic carbocycles. The lowest BCUT2D eigenvalue weighted by molar-refractivity contribution is 0.161. The Labute approximate surface area is 119 Å². The fourth-order valence-electron chi connectivity index (χ4n) is 1.73. The number of aryl methyl sites for hydroxylation is 1. The molecule has 0 aliphatic heterocycles. The Morgan fingerprint density at radius 2 is 1.90 bits per heavy atom. The first-order valence-electron chi connectivity index (χ1n) is 6.85. The zero-order chi connectivity index (χ0) is 15.0. The van der Waals surface area contributed by atoms with E-state index >= 15 is 0 Å². The average molecular weight is 281 g/mol. The Morgan fingerprint density at radius 1 is 1.25 bits per heavy atom. The van der Waals surface area contributed by atoms with E-state index in [4.69, 9.17) is 5.73 Å². The molecule has 7 heteroatoms. The largest absolute Gasteiger partial charge is 0.448 e. The summed E-state index contributed by atoms with van der Waals surface area (Å²) >= 11 is 0. The molecule has 20 heavy (non-hydrogen) atoms. The number of ether oxygens (including phenoxy) is 1. The number of amides is 1. The Bertz CT molecular complexity index is 451. The van der Waals surface area contributed by atoms with Crippen molar-refractivity contribution in [3.63, 3.8) is 0 Å². The fraction of sp³-hybridized carbons (Fsp3) is 0.615. The molecule has 0 saturated heterocycles. The van der Waals surface area contributed by atoms with Gasteiger partial charge in [0.25, 0.3) is 0 Å². The number of carbonyl (C=O) groups is 1. The van der Waals surface area contributed by atoms with E-state index in [2.05, 4.69) is 32.3 Å². The van der Waals surface area contributed by atoms with Crippen molar-refractivity contribution in [2.75, 3.05) is 30.3 Å². The van der Waals surface area contributed by atoms with Crippen molar-refractivity contribution < 1.29 is 9.53 Å². The van der Waals surface area contributed by atoms with Gasteiger partial charge in [-0.3, -0.25) is 0 Å². The van der Waals surface area contributed by atoms with Crippen LogP contribution in [0, 0.1) is 6.92 Å². The van der Waals surface area contributed by atoms with Crippen LogP contribution in [0.2, 0.25) is 0 Å². The van der Waals surface area contributed by atoms with Crippen molar-refractivity contribution in [3.8, 4) is 0 Å². The molecule has 112 valence electrons. The van der Waals surface area contributed by atoms with Crippen LogP contribution in [0.4, 0.5) is 16.4 Å². The van der Waals surface area contributed by atoms with Crippen LogP contribution in [-0.4, -0.2) is 35.8 Å². The second-order valence-electron chi connectivity index (χ2n) is 4.34. The molecule has 1 aromatic heterocycles. The van der Waals surface area contributed by atoms with E-state index in [9.17, 15) is 4.79 Å². The summed E-state index contributed by atoms with van der Waals surface area (Å²) in [5.74, 6) is 2.39. The van der Waals surface area contributed by atoms with Crippen LogP contribution in [0.15, 0.2) is 0 Å². The molecule has 1 aromatic rings. The van der Waals surface area contributed by atoms with E-state index < -0.39 is 6.09 Å². The quantitative estimate of drug-likeness (QED) is 0.626. The molecule has 7 nitrogen and oxygen atoms in total. The second kappa shape index (κ2) is 8.19. The Kier molecular flexibility index (Phi) is 6.55. The van der Waals surface area contributed by atoms with Gasteiger partial charge in [-0.15, -0.1) is 0 Å². The van der Waals surface area contributed by atoms with Crippen LogP contribution in [0.1, 0.15) is 31.7 Å². The van der Waals surface area contributed by atoms with Crippen LogP contribution in [0.5, 0.6) is 0 Å². The van der Waals surface area contributed by atoms with Gasteiger partial charge in [-0.05, 0) is 20.3 Å². The van der Waals surface area contributed by atoms with Gasteiger partial charge in [-0.2, -0.15) is 0 Å². The topological polar surface area (TPSA) is 102 Å². The summed E-state index contributed by atoms with van der Waals surface area (Å²) in [5, 5.41) is 6.37. The zero-order valence-electron chi connectivity index (χ0n) is 12.3. The van der Waals surface area contributed by atoms with Crippen LogP contribution in [-0.2, 0) is 11.2 Å². The Balaban J connectivity index is 2.78. The molecule has 1 rings (SSSR count). The number of nitrogens with two attached hydrogens (primary N) is 1. The van der Waals surface area contributed by atoms with Gasteiger partial charge in [0.15, 0.2) is 0 Å². The maximum Gasteiger partial charge on any atom is 0.404 e. The molecule has 1 amide bonds. The lowest BCUT2D eigenvalue weighted by Crippen LogP contribution is -2.19. The van der Waals surface area contributed by atoms with Gasteiger partial charge < -0.3 is 21.1 Å². The van der Waals surface area contributed by atoms with E-state index in [0.717, 1.165) is 42.4 Å². The van der Waals surface area contributed by atoms with E-state index in [1.807, 2.05) is 13.8 Å². The monoisotopic (exact) mass is 281 g/mol. The molecule has 0 atom stereocenters. The lowest BCUT2D eigenvalue weighted by atomic mass is 10.2. The molecular formula is C13H23N5O2. The highest BCUT2D eigenvalue weighted by Gasteiger charge is 2.10. The highest BCUT2D eigenvalue weighted by molar-refractivity contribution is 5.64. The minimum atomic E-state index is -0.772. The molecule has 4 N–H and O–H groups in total. The van der Waals surface area contributed by atoms with E-state index in [1.165, 1.54) is 0 Å². The third-order valence-corrected chi connectivity index (χ3v) is 2.65.